The quantitative estimate of drug-likeness (QED) is 0.833. The fourth-order valence-corrected chi connectivity index (χ4v) is 1.28. The first-order valence-corrected chi connectivity index (χ1v) is 5.78. The molecule has 1 N–H and O–H groups in total. The Balaban J connectivity index is 2.50. The highest BCUT2D eigenvalue weighted by molar-refractivity contribution is 5.67. The van der Waals surface area contributed by atoms with Crippen LogP contribution in [0.5, 0.6) is 0 Å². The summed E-state index contributed by atoms with van der Waals surface area (Å²) in [5, 5.41) is 2.69. The second-order valence-corrected chi connectivity index (χ2v) is 4.80. The van der Waals surface area contributed by atoms with Crippen molar-refractivity contribution in [2.45, 2.75) is 46.4 Å². The Morgan fingerprint density at radius 3 is 2.89 bits per heavy atom. The van der Waals surface area contributed by atoms with Crippen LogP contribution >= 0.6 is 0 Å². The lowest BCUT2D eigenvalue weighted by atomic mass is 10.2. The number of nitrogens with zero attached hydrogens (tertiary/aromatic N) is 2. The van der Waals surface area contributed by atoms with Gasteiger partial charge in [0, 0.05) is 6.20 Å². The van der Waals surface area contributed by atoms with E-state index in [0.717, 1.165) is 5.69 Å². The van der Waals surface area contributed by atoms with Gasteiger partial charge in [0.15, 0.2) is 0 Å². The Hall–Kier alpha value is -1.96. The normalized spacial score (nSPS) is 10.4. The van der Waals surface area contributed by atoms with Crippen molar-refractivity contribution in [2.24, 2.45) is 0 Å². The van der Waals surface area contributed by atoms with Gasteiger partial charge in [0.05, 0.1) is 25.1 Å². The largest absolute Gasteiger partial charge is 0.444 e. The minimum atomic E-state index is -0.488. The molecule has 0 saturated carbocycles. The van der Waals surface area contributed by atoms with Crippen molar-refractivity contribution in [1.29, 1.82) is 0 Å². The topological polar surface area (TPSA) is 56.2 Å². The van der Waals surface area contributed by atoms with Crippen molar-refractivity contribution in [2.75, 3.05) is 0 Å². The maximum absolute atomic E-state index is 11.5. The molecule has 1 aromatic rings. The zero-order valence-corrected chi connectivity index (χ0v) is 11.3. The van der Waals surface area contributed by atoms with E-state index in [2.05, 4.69) is 22.1 Å². The van der Waals surface area contributed by atoms with Crippen LogP contribution in [0.1, 0.15) is 33.4 Å². The molecule has 98 valence electrons. The van der Waals surface area contributed by atoms with Gasteiger partial charge in [0.2, 0.25) is 0 Å². The number of carbonyl (C=O) groups excluding carboxylic acids is 1. The first-order chi connectivity index (χ1) is 8.42. The Morgan fingerprint density at radius 2 is 2.28 bits per heavy atom. The number of nitrogens with one attached hydrogen (secondary N) is 1. The van der Waals surface area contributed by atoms with Crippen LogP contribution in [0.25, 0.3) is 0 Å². The summed E-state index contributed by atoms with van der Waals surface area (Å²) in [5.74, 6) is 5.76. The molecule has 1 amide bonds. The van der Waals surface area contributed by atoms with Crippen molar-refractivity contribution < 1.29 is 9.53 Å². The van der Waals surface area contributed by atoms with E-state index in [1.54, 1.807) is 19.4 Å². The number of amides is 1. The number of imidazole rings is 1. The predicted octanol–water partition coefficient (Wildman–Crippen LogP) is 1.93. The Morgan fingerprint density at radius 1 is 1.56 bits per heavy atom. The fourth-order valence-electron chi connectivity index (χ4n) is 1.28. The van der Waals surface area contributed by atoms with Crippen molar-refractivity contribution in [3.05, 3.63) is 18.2 Å². The standard InChI is InChI=1S/C13H19N3O2/c1-5-6-7-16-10-14-8-11(16)9-15-12(17)18-13(2,3)4/h8,10H,7,9H2,1-4H3,(H,15,17). The Kier molecular flexibility index (Phi) is 4.78. The zero-order chi connectivity index (χ0) is 13.6. The van der Waals surface area contributed by atoms with Crippen molar-refractivity contribution in [1.82, 2.24) is 14.9 Å². The van der Waals surface area contributed by atoms with E-state index < -0.39 is 11.7 Å². The molecule has 1 aromatic heterocycles. The molecule has 18 heavy (non-hydrogen) atoms. The highest BCUT2D eigenvalue weighted by Crippen LogP contribution is 2.07. The molecular formula is C13H19N3O2. The van der Waals surface area contributed by atoms with E-state index in [4.69, 9.17) is 4.74 Å². The summed E-state index contributed by atoms with van der Waals surface area (Å²) in [6.45, 7) is 8.21. The number of aromatic nitrogens is 2. The molecule has 0 aromatic carbocycles. The minimum absolute atomic E-state index is 0.375. The number of alkyl carbamates (subject to hydrolysis) is 1. The second kappa shape index (κ2) is 6.10. The summed E-state index contributed by atoms with van der Waals surface area (Å²) in [5.41, 5.74) is 0.404. The average Bonchev–Trinajstić information content (AvgIpc) is 2.68. The van der Waals surface area contributed by atoms with Gasteiger partial charge in [-0.15, -0.1) is 5.92 Å². The predicted molar refractivity (Wildman–Crippen MR) is 68.8 cm³/mol. The molecule has 0 aliphatic heterocycles. The van der Waals surface area contributed by atoms with Crippen LogP contribution in [0.2, 0.25) is 0 Å². The van der Waals surface area contributed by atoms with Gasteiger partial charge in [0.1, 0.15) is 5.60 Å². The van der Waals surface area contributed by atoms with Crippen molar-refractivity contribution >= 4 is 6.09 Å². The summed E-state index contributed by atoms with van der Waals surface area (Å²) < 4.78 is 7.03. The lowest BCUT2D eigenvalue weighted by Crippen LogP contribution is -2.32. The Bertz CT molecular complexity index is 461. The highest BCUT2D eigenvalue weighted by Gasteiger charge is 2.16. The van der Waals surface area contributed by atoms with Crippen LogP contribution < -0.4 is 5.32 Å². The molecule has 0 unspecified atom stereocenters. The van der Waals surface area contributed by atoms with Crippen molar-refractivity contribution in [3.63, 3.8) is 0 Å². The summed E-state index contributed by atoms with van der Waals surface area (Å²) >= 11 is 0. The molecule has 0 spiro atoms. The van der Waals surface area contributed by atoms with Gasteiger partial charge < -0.3 is 14.6 Å². The lowest BCUT2D eigenvalue weighted by molar-refractivity contribution is 0.0522. The summed E-state index contributed by atoms with van der Waals surface area (Å²) in [6.07, 6.45) is 2.96. The number of hydrogen-bond donors (Lipinski definition) is 1. The average molecular weight is 249 g/mol. The van der Waals surface area contributed by atoms with E-state index in [9.17, 15) is 4.79 Å². The second-order valence-electron chi connectivity index (χ2n) is 4.80. The van der Waals surface area contributed by atoms with Gasteiger partial charge in [-0.25, -0.2) is 9.78 Å². The summed E-state index contributed by atoms with van der Waals surface area (Å²) in [6, 6.07) is 0. The van der Waals surface area contributed by atoms with Gasteiger partial charge in [-0.3, -0.25) is 0 Å². The van der Waals surface area contributed by atoms with Crippen LogP contribution in [-0.2, 0) is 17.8 Å². The molecule has 0 fully saturated rings. The van der Waals surface area contributed by atoms with E-state index in [-0.39, 0.29) is 0 Å². The summed E-state index contributed by atoms with van der Waals surface area (Å²) in [7, 11) is 0. The third kappa shape index (κ3) is 4.91. The lowest BCUT2D eigenvalue weighted by Gasteiger charge is -2.19. The SMILES string of the molecule is CC#CCn1cncc1CNC(=O)OC(C)(C)C. The molecule has 0 aliphatic carbocycles. The van der Waals surface area contributed by atoms with Crippen LogP contribution in [0.3, 0.4) is 0 Å². The maximum Gasteiger partial charge on any atom is 0.407 e. The number of rotatable bonds is 3. The number of carbonyl (C=O) groups is 1. The fraction of sp³-hybridized carbons (Fsp3) is 0.538. The molecule has 5 nitrogen and oxygen atoms in total. The number of hydrogen-bond acceptors (Lipinski definition) is 3. The molecule has 0 saturated heterocycles. The molecule has 1 heterocycles. The van der Waals surface area contributed by atoms with E-state index in [1.807, 2.05) is 25.3 Å². The maximum atomic E-state index is 11.5. The molecule has 0 radical (unpaired) electrons. The Labute approximate surface area is 108 Å². The molecule has 0 atom stereocenters. The first-order valence-electron chi connectivity index (χ1n) is 5.78. The van der Waals surface area contributed by atoms with E-state index in [1.165, 1.54) is 0 Å². The van der Waals surface area contributed by atoms with Crippen LogP contribution in [-0.4, -0.2) is 21.2 Å². The monoisotopic (exact) mass is 249 g/mol. The van der Waals surface area contributed by atoms with E-state index in [0.29, 0.717) is 13.1 Å². The first kappa shape index (κ1) is 14.1. The molecule has 0 bridgehead atoms. The summed E-state index contributed by atoms with van der Waals surface area (Å²) in [4.78, 5) is 15.5. The molecular weight excluding hydrogens is 230 g/mol. The van der Waals surface area contributed by atoms with Gasteiger partial charge >= 0.3 is 6.09 Å². The van der Waals surface area contributed by atoms with Crippen LogP contribution in [0, 0.1) is 11.8 Å². The van der Waals surface area contributed by atoms with Gasteiger partial charge in [-0.05, 0) is 27.7 Å². The molecule has 0 aliphatic rings. The van der Waals surface area contributed by atoms with E-state index >= 15 is 0 Å². The van der Waals surface area contributed by atoms with Crippen molar-refractivity contribution in [3.8, 4) is 11.8 Å². The smallest absolute Gasteiger partial charge is 0.407 e. The third-order valence-corrected chi connectivity index (χ3v) is 2.04. The number of ether oxygens (including phenoxy) is 1. The minimum Gasteiger partial charge on any atom is -0.444 e. The van der Waals surface area contributed by atoms with Crippen LogP contribution in [0.4, 0.5) is 4.79 Å². The van der Waals surface area contributed by atoms with Gasteiger partial charge in [0.25, 0.3) is 0 Å². The van der Waals surface area contributed by atoms with Crippen LogP contribution in [0.15, 0.2) is 12.5 Å². The zero-order valence-electron chi connectivity index (χ0n) is 11.3. The highest BCUT2D eigenvalue weighted by atomic mass is 16.6. The molecule has 5 heteroatoms. The molecule has 1 rings (SSSR count). The third-order valence-electron chi connectivity index (χ3n) is 2.04. The van der Waals surface area contributed by atoms with Gasteiger partial charge in [-0.2, -0.15) is 0 Å². The van der Waals surface area contributed by atoms with Gasteiger partial charge in [-0.1, -0.05) is 5.92 Å².